The van der Waals surface area contributed by atoms with Gasteiger partial charge in [0.25, 0.3) is 0 Å². The number of rotatable bonds is 9. The summed E-state index contributed by atoms with van der Waals surface area (Å²) in [7, 11) is 0. The van der Waals surface area contributed by atoms with E-state index in [1.54, 1.807) is 0 Å². The first kappa shape index (κ1) is 36.6. The molecule has 2 amide bonds. The Bertz CT molecular complexity index is 1830. The van der Waals surface area contributed by atoms with Crippen molar-refractivity contribution in [3.05, 3.63) is 71.8 Å². The highest BCUT2D eigenvalue weighted by atomic mass is 16.2. The van der Waals surface area contributed by atoms with Crippen LogP contribution in [0.25, 0.3) is 0 Å². The molecule has 0 aromatic heterocycles. The van der Waals surface area contributed by atoms with Crippen LogP contribution in [0, 0.1) is 38.9 Å². The summed E-state index contributed by atoms with van der Waals surface area (Å²) in [5.74, 6) is 2.00. The number of fused-ring (bicyclic) bond motifs is 2. The van der Waals surface area contributed by atoms with Crippen LogP contribution in [0.15, 0.2) is 60.7 Å². The normalized spacial score (nSPS) is 48.9. The Morgan fingerprint density at radius 3 is 2.07 bits per heavy atom. The van der Waals surface area contributed by atoms with Crippen LogP contribution in [-0.4, -0.2) is 42.5 Å². The Hall–Kier alpha value is -2.70. The molecule has 10 aliphatic carbocycles. The molecular weight excluding hydrogens is 677 g/mol. The zero-order chi connectivity index (χ0) is 38.1. The third kappa shape index (κ3) is 5.83. The van der Waals surface area contributed by atoms with Gasteiger partial charge in [0.1, 0.15) is 0 Å². The Balaban J connectivity index is 0.968. The van der Waals surface area contributed by atoms with Crippen molar-refractivity contribution in [1.82, 2.24) is 16.0 Å². The SMILES string of the molecule is C=C(/C=C\C=C/C)[C@@]12CC3(C(=O)NC4CCC(N)CC4)CC(c4ccc([C@]56CC7CC(C(=O)NC8CC9CNC8C9)(C[C@](C)(C7)C5)C6)cc4)(C[C@@](C)(C3)C1)C2. The fraction of sp³-hybridized carbons (Fsp3) is 0.714. The predicted octanol–water partition coefficient (Wildman–Crippen LogP) is 8.45. The zero-order valence-corrected chi connectivity index (χ0v) is 34.1. The molecule has 1 aliphatic heterocycles. The quantitative estimate of drug-likeness (QED) is 0.191. The van der Waals surface area contributed by atoms with Crippen LogP contribution >= 0.6 is 0 Å². The van der Waals surface area contributed by atoms with E-state index in [0.717, 1.165) is 102 Å². The second-order valence-electron chi connectivity index (χ2n) is 22.6. The molecular formula is C49H68N4O2. The number of carbonyl (C=O) groups is 2. The van der Waals surface area contributed by atoms with E-state index in [-0.39, 0.29) is 44.6 Å². The van der Waals surface area contributed by atoms with Gasteiger partial charge in [-0.2, -0.15) is 0 Å². The van der Waals surface area contributed by atoms with E-state index in [9.17, 15) is 9.59 Å². The highest BCUT2D eigenvalue weighted by Crippen LogP contribution is 2.76. The molecule has 11 atom stereocenters. The predicted molar refractivity (Wildman–Crippen MR) is 220 cm³/mol. The van der Waals surface area contributed by atoms with Crippen LogP contribution in [0.5, 0.6) is 0 Å². The third-order valence-corrected chi connectivity index (χ3v) is 17.8. The minimum absolute atomic E-state index is 0.0567. The highest BCUT2D eigenvalue weighted by Gasteiger charge is 2.70. The first-order chi connectivity index (χ1) is 26.2. The van der Waals surface area contributed by atoms with Gasteiger partial charge in [0.2, 0.25) is 11.8 Å². The molecule has 55 heavy (non-hydrogen) atoms. The number of hydrogen-bond donors (Lipinski definition) is 4. The smallest absolute Gasteiger partial charge is 0.226 e. The summed E-state index contributed by atoms with van der Waals surface area (Å²) in [5.41, 5.74) is 9.87. The third-order valence-electron chi connectivity index (χ3n) is 17.8. The van der Waals surface area contributed by atoms with Gasteiger partial charge in [-0.15, -0.1) is 0 Å². The number of piperidine rings is 1. The molecule has 0 radical (unpaired) electrons. The fourth-order valence-corrected chi connectivity index (χ4v) is 17.1. The molecule has 6 nitrogen and oxygen atoms in total. The van der Waals surface area contributed by atoms with Gasteiger partial charge in [-0.05, 0) is 185 Å². The molecule has 11 fully saturated rings. The summed E-state index contributed by atoms with van der Waals surface area (Å²) >= 11 is 0. The lowest BCUT2D eigenvalue weighted by Crippen LogP contribution is -2.66. The molecule has 10 bridgehead atoms. The summed E-state index contributed by atoms with van der Waals surface area (Å²) in [6, 6.07) is 11.2. The molecule has 1 aromatic rings. The molecule has 7 unspecified atom stereocenters. The van der Waals surface area contributed by atoms with E-state index in [1.807, 2.05) is 0 Å². The lowest BCUT2D eigenvalue weighted by atomic mass is 9.33. The molecule has 1 aromatic carbocycles. The molecule has 11 aliphatic rings. The highest BCUT2D eigenvalue weighted by molar-refractivity contribution is 5.85. The van der Waals surface area contributed by atoms with Crippen molar-refractivity contribution >= 4 is 11.8 Å². The molecule has 10 saturated carbocycles. The molecule has 1 heterocycles. The number of nitrogens with two attached hydrogens (primary N) is 1. The Labute approximate surface area is 330 Å². The van der Waals surface area contributed by atoms with Crippen LogP contribution in [0.2, 0.25) is 0 Å². The number of nitrogens with one attached hydrogen (secondary N) is 3. The van der Waals surface area contributed by atoms with E-state index in [1.165, 1.54) is 42.4 Å². The monoisotopic (exact) mass is 745 g/mol. The van der Waals surface area contributed by atoms with Gasteiger partial charge in [0, 0.05) is 24.2 Å². The molecule has 5 N–H and O–H groups in total. The van der Waals surface area contributed by atoms with Crippen molar-refractivity contribution in [2.24, 2.45) is 44.6 Å². The van der Waals surface area contributed by atoms with Crippen LogP contribution in [0.4, 0.5) is 0 Å². The van der Waals surface area contributed by atoms with Gasteiger partial charge >= 0.3 is 0 Å². The van der Waals surface area contributed by atoms with Gasteiger partial charge in [0.15, 0.2) is 0 Å². The summed E-state index contributed by atoms with van der Waals surface area (Å²) in [4.78, 5) is 29.3. The van der Waals surface area contributed by atoms with Crippen LogP contribution in [-0.2, 0) is 20.4 Å². The van der Waals surface area contributed by atoms with E-state index >= 15 is 0 Å². The fourth-order valence-electron chi connectivity index (χ4n) is 17.1. The molecule has 1 saturated heterocycles. The zero-order valence-electron chi connectivity index (χ0n) is 34.1. The van der Waals surface area contributed by atoms with Crippen molar-refractivity contribution in [2.45, 2.75) is 171 Å². The van der Waals surface area contributed by atoms with Crippen LogP contribution in [0.3, 0.4) is 0 Å². The maximum absolute atomic E-state index is 14.8. The van der Waals surface area contributed by atoms with Gasteiger partial charge in [0.05, 0.1) is 10.8 Å². The number of hydrogen-bond acceptors (Lipinski definition) is 4. The maximum atomic E-state index is 14.8. The second kappa shape index (κ2) is 12.4. The molecule has 296 valence electrons. The van der Waals surface area contributed by atoms with E-state index in [4.69, 9.17) is 12.3 Å². The Kier molecular flexibility index (Phi) is 8.26. The first-order valence-electron chi connectivity index (χ1n) is 22.4. The van der Waals surface area contributed by atoms with E-state index in [2.05, 4.69) is 85.3 Å². The minimum Gasteiger partial charge on any atom is -0.353 e. The first-order valence-corrected chi connectivity index (χ1v) is 22.4. The maximum Gasteiger partial charge on any atom is 0.226 e. The van der Waals surface area contributed by atoms with Crippen molar-refractivity contribution < 1.29 is 9.59 Å². The van der Waals surface area contributed by atoms with Crippen molar-refractivity contribution in [3.63, 3.8) is 0 Å². The van der Waals surface area contributed by atoms with Gasteiger partial charge in [-0.1, -0.05) is 69.0 Å². The molecule has 0 spiro atoms. The van der Waals surface area contributed by atoms with Crippen LogP contribution in [0.1, 0.15) is 147 Å². The Morgan fingerprint density at radius 1 is 0.727 bits per heavy atom. The number of allylic oxidation sites excluding steroid dienone is 5. The van der Waals surface area contributed by atoms with Crippen molar-refractivity contribution in [3.8, 4) is 0 Å². The van der Waals surface area contributed by atoms with Crippen molar-refractivity contribution in [1.29, 1.82) is 0 Å². The van der Waals surface area contributed by atoms with Gasteiger partial charge in [-0.25, -0.2) is 0 Å². The van der Waals surface area contributed by atoms with Gasteiger partial charge < -0.3 is 21.7 Å². The van der Waals surface area contributed by atoms with E-state index in [0.29, 0.717) is 29.8 Å². The molecule has 12 rings (SSSR count). The number of amides is 2. The number of carbonyl (C=O) groups excluding carboxylic acids is 2. The lowest BCUT2D eigenvalue weighted by Gasteiger charge is -2.70. The summed E-state index contributed by atoms with van der Waals surface area (Å²) in [6.45, 7) is 12.9. The summed E-state index contributed by atoms with van der Waals surface area (Å²) in [5, 5.41) is 11.0. The average molecular weight is 745 g/mol. The molecule has 6 heteroatoms. The summed E-state index contributed by atoms with van der Waals surface area (Å²) < 4.78 is 0. The minimum atomic E-state index is -0.401. The number of benzene rings is 1. The lowest BCUT2D eigenvalue weighted by molar-refractivity contribution is -0.174. The second-order valence-corrected chi connectivity index (χ2v) is 22.6. The van der Waals surface area contributed by atoms with E-state index < -0.39 is 5.41 Å². The summed E-state index contributed by atoms with van der Waals surface area (Å²) in [6.07, 6.45) is 27.8. The van der Waals surface area contributed by atoms with Gasteiger partial charge in [-0.3, -0.25) is 9.59 Å². The van der Waals surface area contributed by atoms with Crippen molar-refractivity contribution in [2.75, 3.05) is 6.54 Å². The standard InChI is InChI=1S/C49H68N4O2/c1-5-6-7-8-32(2)47-25-44(4)26-48(29-47,31-49(27-44,30-47)42(55)52-38-15-13-37(50)14-16-38)36-11-9-35(10-12-36)45-20-34-19-43(3,23-45)24-46(21-34,28-45)41(54)53-40-18-33-17-39(40)51-22-33/h5-12,33-34,37-40,51H,2,13-31,50H2,1,3-4H3,(H,52,55)(H,53,54)/b6-5-,8-7-/t33?,34?,37?,38?,39?,40?,43-,44+,45-,46?,47+,48?,49?/m1/s1. The Morgan fingerprint density at radius 2 is 1.38 bits per heavy atom. The average Bonchev–Trinajstić information content (AvgIpc) is 3.75. The topological polar surface area (TPSA) is 96.2 Å². The largest absolute Gasteiger partial charge is 0.353 e. The van der Waals surface area contributed by atoms with Crippen LogP contribution < -0.4 is 21.7 Å².